The van der Waals surface area contributed by atoms with Crippen LogP contribution in [-0.2, 0) is 12.6 Å². The zero-order valence-electron chi connectivity index (χ0n) is 23.5. The molecule has 0 amide bonds. The second kappa shape index (κ2) is 11.7. The zero-order valence-corrected chi connectivity index (χ0v) is 24.2. The van der Waals surface area contributed by atoms with Crippen molar-refractivity contribution in [3.63, 3.8) is 0 Å². The van der Waals surface area contributed by atoms with Crippen molar-refractivity contribution >= 4 is 28.3 Å². The van der Waals surface area contributed by atoms with Gasteiger partial charge in [-0.2, -0.15) is 0 Å². The maximum atomic E-state index is 12.5. The van der Waals surface area contributed by atoms with Gasteiger partial charge in [0.2, 0.25) is 0 Å². The number of aryl methyl sites for hydroxylation is 2. The summed E-state index contributed by atoms with van der Waals surface area (Å²) in [6.45, 7) is 3.18. The van der Waals surface area contributed by atoms with Gasteiger partial charge in [0.15, 0.2) is 5.60 Å². The van der Waals surface area contributed by atoms with Crippen molar-refractivity contribution in [3.05, 3.63) is 143 Å². The van der Waals surface area contributed by atoms with E-state index in [-0.39, 0.29) is 0 Å². The predicted octanol–water partition coefficient (Wildman–Crippen LogP) is 7.37. The van der Waals surface area contributed by atoms with E-state index < -0.39 is 5.60 Å². The van der Waals surface area contributed by atoms with Gasteiger partial charge in [0, 0.05) is 17.5 Å². The average molecular weight is 575 g/mol. The van der Waals surface area contributed by atoms with Crippen LogP contribution in [0.4, 0.5) is 5.82 Å². The van der Waals surface area contributed by atoms with Gasteiger partial charge < -0.3 is 19.7 Å². The molecule has 2 heterocycles. The summed E-state index contributed by atoms with van der Waals surface area (Å²) < 4.78 is 7.70. The van der Waals surface area contributed by atoms with Crippen molar-refractivity contribution in [2.75, 3.05) is 18.5 Å². The third kappa shape index (κ3) is 5.47. The van der Waals surface area contributed by atoms with Crippen molar-refractivity contribution in [3.8, 4) is 16.9 Å². The molecule has 0 saturated heterocycles. The lowest BCUT2D eigenvalue weighted by Crippen LogP contribution is -2.31. The lowest BCUT2D eigenvalue weighted by molar-refractivity contribution is 0.117. The fraction of sp³-hybridized carbons (Fsp3) is 0.143. The van der Waals surface area contributed by atoms with Crippen molar-refractivity contribution in [2.24, 2.45) is 7.05 Å². The number of ether oxygens (including phenoxy) is 1. The minimum absolute atomic E-state index is 0.501. The molecule has 2 aromatic heterocycles. The van der Waals surface area contributed by atoms with Crippen LogP contribution >= 0.6 is 11.6 Å². The van der Waals surface area contributed by atoms with Crippen LogP contribution in [0.15, 0.2) is 116 Å². The molecule has 1 unspecified atom stereocenters. The van der Waals surface area contributed by atoms with Gasteiger partial charge in [-0.05, 0) is 71.6 Å². The van der Waals surface area contributed by atoms with E-state index in [4.69, 9.17) is 21.3 Å². The van der Waals surface area contributed by atoms with Gasteiger partial charge in [0.1, 0.15) is 18.2 Å². The number of hydrogen-bond acceptors (Lipinski definition) is 5. The normalized spacial score (nSPS) is 12.7. The maximum absolute atomic E-state index is 12.5. The molecule has 1 atom stereocenters. The van der Waals surface area contributed by atoms with Crippen LogP contribution in [0.3, 0.4) is 0 Å². The Morgan fingerprint density at radius 3 is 2.43 bits per heavy atom. The van der Waals surface area contributed by atoms with E-state index in [1.165, 1.54) is 0 Å². The number of halogens is 1. The van der Waals surface area contributed by atoms with Gasteiger partial charge in [-0.25, -0.2) is 9.97 Å². The monoisotopic (exact) mass is 574 g/mol. The number of aromatic nitrogens is 3. The van der Waals surface area contributed by atoms with Crippen molar-refractivity contribution in [1.29, 1.82) is 0 Å². The van der Waals surface area contributed by atoms with Crippen LogP contribution in [0.2, 0.25) is 5.02 Å². The Hall–Kier alpha value is -4.65. The van der Waals surface area contributed by atoms with Crippen LogP contribution in [0.25, 0.3) is 22.0 Å². The number of benzene rings is 4. The summed E-state index contributed by atoms with van der Waals surface area (Å²) in [5, 5.41) is 17.5. The first-order chi connectivity index (χ1) is 20.4. The molecular formula is C35H31ClN4O2. The van der Waals surface area contributed by atoms with Crippen molar-refractivity contribution in [2.45, 2.75) is 12.5 Å². The molecule has 0 bridgehead atoms. The molecule has 7 heteroatoms. The smallest absolute Gasteiger partial charge is 0.156 e. The Kier molecular flexibility index (Phi) is 7.66. The summed E-state index contributed by atoms with van der Waals surface area (Å²) in [5.41, 5.74) is 4.62. The van der Waals surface area contributed by atoms with E-state index in [0.717, 1.165) is 39.2 Å². The highest BCUT2D eigenvalue weighted by Crippen LogP contribution is 2.40. The minimum Gasteiger partial charge on any atom is -0.492 e. The van der Waals surface area contributed by atoms with Crippen LogP contribution in [-0.4, -0.2) is 32.8 Å². The number of imidazole rings is 1. The zero-order chi connectivity index (χ0) is 29.1. The fourth-order valence-corrected chi connectivity index (χ4v) is 5.44. The molecule has 6 rings (SSSR count). The molecule has 42 heavy (non-hydrogen) atoms. The Labute approximate surface area is 250 Å². The first-order valence-electron chi connectivity index (χ1n) is 13.8. The molecule has 0 aliphatic carbocycles. The highest BCUT2D eigenvalue weighted by Gasteiger charge is 2.37. The van der Waals surface area contributed by atoms with Crippen LogP contribution in [0.1, 0.15) is 22.4 Å². The van der Waals surface area contributed by atoms with E-state index in [1.54, 1.807) is 24.7 Å². The first-order valence-corrected chi connectivity index (χ1v) is 14.2. The van der Waals surface area contributed by atoms with Crippen LogP contribution in [0, 0.1) is 6.92 Å². The molecule has 6 aromatic rings. The molecule has 0 saturated carbocycles. The number of rotatable bonds is 9. The lowest BCUT2D eigenvalue weighted by atomic mass is 9.82. The number of nitrogens with zero attached hydrogens (tertiary/aromatic N) is 3. The third-order valence-corrected chi connectivity index (χ3v) is 7.68. The maximum Gasteiger partial charge on any atom is 0.156 e. The summed E-state index contributed by atoms with van der Waals surface area (Å²) in [5.74, 6) is 1.59. The molecule has 2 N–H and O–H groups in total. The van der Waals surface area contributed by atoms with Gasteiger partial charge >= 0.3 is 0 Å². The number of aliphatic hydroxyl groups is 1. The topological polar surface area (TPSA) is 72.2 Å². The summed E-state index contributed by atoms with van der Waals surface area (Å²) in [6, 6.07) is 33.4. The Morgan fingerprint density at radius 2 is 1.69 bits per heavy atom. The predicted molar refractivity (Wildman–Crippen MR) is 169 cm³/mol. The summed E-state index contributed by atoms with van der Waals surface area (Å²) >= 11 is 6.21. The van der Waals surface area contributed by atoms with Crippen molar-refractivity contribution < 1.29 is 9.84 Å². The molecule has 0 aliphatic heterocycles. The molecule has 0 aliphatic rings. The number of anilines is 1. The quantitative estimate of drug-likeness (QED) is 0.176. The Balaban J connectivity index is 1.44. The molecule has 0 radical (unpaired) electrons. The Bertz CT molecular complexity index is 1840. The van der Waals surface area contributed by atoms with Gasteiger partial charge in [0.05, 0.1) is 30.3 Å². The molecule has 4 aromatic carbocycles. The van der Waals surface area contributed by atoms with E-state index >= 15 is 0 Å². The highest BCUT2D eigenvalue weighted by atomic mass is 35.5. The van der Waals surface area contributed by atoms with Gasteiger partial charge in [0.25, 0.3) is 0 Å². The molecule has 0 fully saturated rings. The molecular weight excluding hydrogens is 544 g/mol. The minimum atomic E-state index is -1.47. The molecule has 210 valence electrons. The SMILES string of the molecule is Cc1cccc(-c2cc(NCCOc3ccccc3)nc3ccc(C(O)(c4ccc(Cl)cc4)c4cncn4C)cc23)c1. The van der Waals surface area contributed by atoms with E-state index in [0.29, 0.717) is 35.0 Å². The highest BCUT2D eigenvalue weighted by molar-refractivity contribution is 6.30. The van der Waals surface area contributed by atoms with Gasteiger partial charge in [-0.3, -0.25) is 0 Å². The van der Waals surface area contributed by atoms with Crippen LogP contribution in [0.5, 0.6) is 5.75 Å². The Morgan fingerprint density at radius 1 is 0.905 bits per heavy atom. The van der Waals surface area contributed by atoms with Gasteiger partial charge in [-0.1, -0.05) is 77.8 Å². The van der Waals surface area contributed by atoms with E-state index in [9.17, 15) is 5.11 Å². The number of pyridine rings is 1. The lowest BCUT2D eigenvalue weighted by Gasteiger charge is -2.30. The molecule has 0 spiro atoms. The number of para-hydroxylation sites is 1. The standard InChI is InChI=1S/C35H31ClN4O2/c1-24-7-6-8-25(19-24)30-21-34(38-17-18-42-29-9-4-3-5-10-29)39-32-16-13-27(20-31(30)32)35(41,33-22-37-23-40(33)2)26-11-14-28(36)15-12-26/h3-16,19-23,41H,17-18H2,1-2H3,(H,38,39). The second-order valence-corrected chi connectivity index (χ2v) is 10.8. The summed E-state index contributed by atoms with van der Waals surface area (Å²) in [7, 11) is 1.88. The average Bonchev–Trinajstić information content (AvgIpc) is 3.45. The van der Waals surface area contributed by atoms with Crippen LogP contribution < -0.4 is 10.1 Å². The third-order valence-electron chi connectivity index (χ3n) is 7.43. The van der Waals surface area contributed by atoms with E-state index in [2.05, 4.69) is 47.6 Å². The summed E-state index contributed by atoms with van der Waals surface area (Å²) in [6.07, 6.45) is 3.39. The number of hydrogen-bond donors (Lipinski definition) is 2. The number of fused-ring (bicyclic) bond motifs is 1. The summed E-state index contributed by atoms with van der Waals surface area (Å²) in [4.78, 5) is 9.24. The largest absolute Gasteiger partial charge is 0.492 e. The van der Waals surface area contributed by atoms with Gasteiger partial charge in [-0.15, -0.1) is 0 Å². The van der Waals surface area contributed by atoms with E-state index in [1.807, 2.05) is 72.3 Å². The number of nitrogens with one attached hydrogen (secondary N) is 1. The second-order valence-electron chi connectivity index (χ2n) is 10.4. The molecule has 6 nitrogen and oxygen atoms in total. The van der Waals surface area contributed by atoms with Crippen molar-refractivity contribution in [1.82, 2.24) is 14.5 Å². The fourth-order valence-electron chi connectivity index (χ4n) is 5.32. The first kappa shape index (κ1) is 27.5.